The van der Waals surface area contributed by atoms with Crippen molar-refractivity contribution < 1.29 is 9.59 Å². The molecule has 178 valence electrons. The molecule has 6 nitrogen and oxygen atoms in total. The monoisotopic (exact) mass is 484 g/mol. The van der Waals surface area contributed by atoms with Gasteiger partial charge < -0.3 is 10.2 Å². The molecule has 2 amide bonds. The van der Waals surface area contributed by atoms with Gasteiger partial charge in [-0.25, -0.2) is 4.68 Å². The highest BCUT2D eigenvalue weighted by molar-refractivity contribution is 7.12. The fraction of sp³-hybridized carbons (Fsp3) is 0.250. The van der Waals surface area contributed by atoms with Crippen molar-refractivity contribution in [3.05, 3.63) is 94.2 Å². The molecule has 7 heteroatoms. The summed E-state index contributed by atoms with van der Waals surface area (Å²) >= 11 is 1.46. The Labute approximate surface area is 209 Å². The molecule has 1 fully saturated rings. The SMILES string of the molecule is Cc1ccccc1-c1cc(NC(=O)C2CCN(C(=O)c3cccs3)CC2)n(Cc2ccccc2)n1. The number of amides is 2. The number of aryl methyl sites for hydroxylation is 1. The van der Waals surface area contributed by atoms with Crippen LogP contribution in [0.4, 0.5) is 5.82 Å². The number of thiophene rings is 1. The summed E-state index contributed by atoms with van der Waals surface area (Å²) in [6.07, 6.45) is 1.31. The summed E-state index contributed by atoms with van der Waals surface area (Å²) < 4.78 is 1.87. The Morgan fingerprint density at radius 2 is 1.74 bits per heavy atom. The minimum Gasteiger partial charge on any atom is -0.338 e. The molecule has 0 spiro atoms. The molecule has 0 atom stereocenters. The molecule has 2 aromatic heterocycles. The second-order valence-corrected chi connectivity index (χ2v) is 9.85. The molecule has 0 unspecified atom stereocenters. The average Bonchev–Trinajstić information content (AvgIpc) is 3.55. The molecule has 5 rings (SSSR count). The third-order valence-electron chi connectivity index (χ3n) is 6.51. The van der Waals surface area contributed by atoms with E-state index in [1.807, 2.05) is 63.5 Å². The number of rotatable bonds is 6. The predicted octanol–water partition coefficient (Wildman–Crippen LogP) is 5.46. The van der Waals surface area contributed by atoms with Crippen molar-refractivity contribution in [3.8, 4) is 11.3 Å². The lowest BCUT2D eigenvalue weighted by atomic mass is 9.95. The molecule has 1 saturated heterocycles. The molecule has 2 aromatic carbocycles. The van der Waals surface area contributed by atoms with E-state index in [4.69, 9.17) is 5.10 Å². The standard InChI is InChI=1S/C28H28N4O2S/c1-20-8-5-6-11-23(20)24-18-26(32(30-24)19-21-9-3-2-4-10-21)29-27(33)22-13-15-31(16-14-22)28(34)25-12-7-17-35-25/h2-12,17-18,22H,13-16,19H2,1H3,(H,29,33). The number of anilines is 1. The van der Waals surface area contributed by atoms with E-state index in [0.29, 0.717) is 38.3 Å². The molecule has 1 N–H and O–H groups in total. The van der Waals surface area contributed by atoms with Crippen LogP contribution in [-0.4, -0.2) is 39.6 Å². The normalized spacial score (nSPS) is 14.1. The summed E-state index contributed by atoms with van der Waals surface area (Å²) in [5, 5.41) is 9.90. The van der Waals surface area contributed by atoms with Crippen LogP contribution in [0.5, 0.6) is 0 Å². The molecule has 3 heterocycles. The Morgan fingerprint density at radius 1 is 1.00 bits per heavy atom. The minimum absolute atomic E-state index is 0.0150. The molecule has 0 saturated carbocycles. The van der Waals surface area contributed by atoms with E-state index in [9.17, 15) is 9.59 Å². The van der Waals surface area contributed by atoms with Crippen LogP contribution in [0.3, 0.4) is 0 Å². The Kier molecular flexibility index (Phi) is 6.77. The van der Waals surface area contributed by atoms with Crippen LogP contribution in [0.2, 0.25) is 0 Å². The maximum Gasteiger partial charge on any atom is 0.263 e. The number of benzene rings is 2. The van der Waals surface area contributed by atoms with Crippen molar-refractivity contribution in [2.75, 3.05) is 18.4 Å². The summed E-state index contributed by atoms with van der Waals surface area (Å²) in [6.45, 7) is 3.81. The quantitative estimate of drug-likeness (QED) is 0.395. The first kappa shape index (κ1) is 23.1. The molecule has 0 radical (unpaired) electrons. The number of nitrogens with one attached hydrogen (secondary N) is 1. The topological polar surface area (TPSA) is 67.2 Å². The Morgan fingerprint density at radius 3 is 2.46 bits per heavy atom. The third kappa shape index (κ3) is 5.20. The van der Waals surface area contributed by atoms with Gasteiger partial charge in [-0.2, -0.15) is 5.10 Å². The van der Waals surface area contributed by atoms with Crippen LogP contribution >= 0.6 is 11.3 Å². The lowest BCUT2D eigenvalue weighted by molar-refractivity contribution is -0.121. The number of carbonyl (C=O) groups is 2. The van der Waals surface area contributed by atoms with Crippen LogP contribution in [0.25, 0.3) is 11.3 Å². The highest BCUT2D eigenvalue weighted by atomic mass is 32.1. The highest BCUT2D eigenvalue weighted by Crippen LogP contribution is 2.27. The second kappa shape index (κ2) is 10.3. The summed E-state index contributed by atoms with van der Waals surface area (Å²) in [6, 6.07) is 23.9. The van der Waals surface area contributed by atoms with Crippen LogP contribution in [0.1, 0.15) is 33.6 Å². The molecule has 1 aliphatic heterocycles. The lowest BCUT2D eigenvalue weighted by Gasteiger charge is -2.31. The van der Waals surface area contributed by atoms with Gasteiger partial charge in [0, 0.05) is 30.6 Å². The van der Waals surface area contributed by atoms with Gasteiger partial charge >= 0.3 is 0 Å². The van der Waals surface area contributed by atoms with Gasteiger partial charge in [0.2, 0.25) is 5.91 Å². The van der Waals surface area contributed by atoms with E-state index in [1.165, 1.54) is 11.3 Å². The van der Waals surface area contributed by atoms with Crippen LogP contribution in [0.15, 0.2) is 78.2 Å². The first-order valence-corrected chi connectivity index (χ1v) is 12.8. The van der Waals surface area contributed by atoms with Crippen molar-refractivity contribution in [2.45, 2.75) is 26.3 Å². The molecular weight excluding hydrogens is 456 g/mol. The number of carbonyl (C=O) groups excluding carboxylic acids is 2. The maximum absolute atomic E-state index is 13.2. The van der Waals surface area contributed by atoms with Gasteiger partial charge in [0.25, 0.3) is 5.91 Å². The van der Waals surface area contributed by atoms with Crippen molar-refractivity contribution in [1.29, 1.82) is 0 Å². The zero-order valence-corrected chi connectivity index (χ0v) is 20.5. The van der Waals surface area contributed by atoms with Gasteiger partial charge in [-0.05, 0) is 42.3 Å². The van der Waals surface area contributed by atoms with Gasteiger partial charge in [-0.1, -0.05) is 60.7 Å². The van der Waals surface area contributed by atoms with E-state index in [1.54, 1.807) is 0 Å². The second-order valence-electron chi connectivity index (χ2n) is 8.91. The van der Waals surface area contributed by atoms with Gasteiger partial charge in [-0.15, -0.1) is 11.3 Å². The van der Waals surface area contributed by atoms with Gasteiger partial charge in [0.15, 0.2) is 0 Å². The Hall–Kier alpha value is -3.71. The largest absolute Gasteiger partial charge is 0.338 e. The summed E-state index contributed by atoms with van der Waals surface area (Å²) in [4.78, 5) is 28.5. The number of hydrogen-bond acceptors (Lipinski definition) is 4. The van der Waals surface area contributed by atoms with Gasteiger partial charge in [0.1, 0.15) is 5.82 Å². The van der Waals surface area contributed by atoms with E-state index in [2.05, 4.69) is 36.5 Å². The number of piperidine rings is 1. The summed E-state index contributed by atoms with van der Waals surface area (Å²) in [5.41, 5.74) is 4.14. The van der Waals surface area contributed by atoms with Crippen molar-refractivity contribution in [1.82, 2.24) is 14.7 Å². The maximum atomic E-state index is 13.2. The smallest absolute Gasteiger partial charge is 0.263 e. The van der Waals surface area contributed by atoms with E-state index >= 15 is 0 Å². The zero-order valence-electron chi connectivity index (χ0n) is 19.7. The summed E-state index contributed by atoms with van der Waals surface area (Å²) in [7, 11) is 0. The average molecular weight is 485 g/mol. The molecule has 4 aromatic rings. The molecule has 0 bridgehead atoms. The van der Waals surface area contributed by atoms with E-state index in [0.717, 1.165) is 27.3 Å². The first-order chi connectivity index (χ1) is 17.1. The molecule has 0 aliphatic carbocycles. The summed E-state index contributed by atoms with van der Waals surface area (Å²) in [5.74, 6) is 0.597. The molecule has 1 aliphatic rings. The Bertz CT molecular complexity index is 1310. The van der Waals surface area contributed by atoms with Crippen molar-refractivity contribution in [2.24, 2.45) is 5.92 Å². The van der Waals surface area contributed by atoms with Crippen LogP contribution < -0.4 is 5.32 Å². The lowest BCUT2D eigenvalue weighted by Crippen LogP contribution is -2.41. The number of likely N-dealkylation sites (tertiary alicyclic amines) is 1. The highest BCUT2D eigenvalue weighted by Gasteiger charge is 2.29. The van der Waals surface area contributed by atoms with Gasteiger partial charge in [-0.3, -0.25) is 9.59 Å². The fourth-order valence-electron chi connectivity index (χ4n) is 4.52. The third-order valence-corrected chi connectivity index (χ3v) is 7.37. The number of nitrogens with zero attached hydrogens (tertiary/aromatic N) is 3. The van der Waals surface area contributed by atoms with E-state index < -0.39 is 0 Å². The predicted molar refractivity (Wildman–Crippen MR) is 140 cm³/mol. The fourth-order valence-corrected chi connectivity index (χ4v) is 5.21. The zero-order chi connectivity index (χ0) is 24.2. The minimum atomic E-state index is -0.135. The molecular formula is C28H28N4O2S. The van der Waals surface area contributed by atoms with Crippen LogP contribution in [0, 0.1) is 12.8 Å². The first-order valence-electron chi connectivity index (χ1n) is 11.9. The van der Waals surface area contributed by atoms with Gasteiger partial charge in [0.05, 0.1) is 17.1 Å². The number of aromatic nitrogens is 2. The van der Waals surface area contributed by atoms with E-state index in [-0.39, 0.29) is 17.7 Å². The molecule has 35 heavy (non-hydrogen) atoms. The van der Waals surface area contributed by atoms with Crippen molar-refractivity contribution in [3.63, 3.8) is 0 Å². The Balaban J connectivity index is 1.31. The van der Waals surface area contributed by atoms with Crippen molar-refractivity contribution >= 4 is 29.0 Å². The van der Waals surface area contributed by atoms with Crippen LogP contribution in [-0.2, 0) is 11.3 Å². The number of hydrogen-bond donors (Lipinski definition) is 1.